The van der Waals surface area contributed by atoms with Crippen molar-refractivity contribution in [1.29, 1.82) is 0 Å². The summed E-state index contributed by atoms with van der Waals surface area (Å²) in [6.07, 6.45) is 3.72. The number of imidazole rings is 1. The quantitative estimate of drug-likeness (QED) is 0.926. The summed E-state index contributed by atoms with van der Waals surface area (Å²) in [7, 11) is 1.98. The Morgan fingerprint density at radius 2 is 2.21 bits per heavy atom. The normalized spacial score (nSPS) is 18.8. The van der Waals surface area contributed by atoms with Crippen LogP contribution in [0.25, 0.3) is 0 Å². The van der Waals surface area contributed by atoms with E-state index in [1.54, 1.807) is 6.20 Å². The third kappa shape index (κ3) is 3.62. The van der Waals surface area contributed by atoms with Crippen molar-refractivity contribution in [2.75, 3.05) is 19.6 Å². The van der Waals surface area contributed by atoms with Crippen LogP contribution < -0.4 is 5.32 Å². The number of carbonyl (C=O) groups is 1. The second-order valence-corrected chi connectivity index (χ2v) is 6.28. The average Bonchev–Trinajstić information content (AvgIpc) is 2.99. The number of rotatable bonds is 3. The van der Waals surface area contributed by atoms with Crippen LogP contribution >= 0.6 is 12.4 Å². The SMILES string of the molecule is Cc1cccc(C(C)C(=O)N2CCNCC2c2nccn2C)c1.Cl. The molecule has 24 heavy (non-hydrogen) atoms. The van der Waals surface area contributed by atoms with Crippen LogP contribution in [0.4, 0.5) is 0 Å². The number of halogens is 1. The first-order chi connectivity index (χ1) is 11.1. The lowest BCUT2D eigenvalue weighted by Gasteiger charge is -2.37. The van der Waals surface area contributed by atoms with Gasteiger partial charge in [-0.2, -0.15) is 0 Å². The van der Waals surface area contributed by atoms with Crippen molar-refractivity contribution in [2.24, 2.45) is 7.05 Å². The Morgan fingerprint density at radius 3 is 2.88 bits per heavy atom. The van der Waals surface area contributed by atoms with Crippen molar-refractivity contribution in [3.8, 4) is 0 Å². The second-order valence-electron chi connectivity index (χ2n) is 6.28. The van der Waals surface area contributed by atoms with Crippen molar-refractivity contribution < 1.29 is 4.79 Å². The molecule has 2 unspecified atom stereocenters. The predicted molar refractivity (Wildman–Crippen MR) is 97.4 cm³/mol. The Morgan fingerprint density at radius 1 is 1.42 bits per heavy atom. The van der Waals surface area contributed by atoms with Crippen molar-refractivity contribution in [1.82, 2.24) is 19.8 Å². The van der Waals surface area contributed by atoms with E-state index in [1.807, 2.05) is 41.8 Å². The standard InChI is InChI=1S/C18H24N4O.ClH/c1-13-5-4-6-15(11-13)14(2)18(23)22-10-7-19-12-16(22)17-20-8-9-21(17)3;/h4-6,8-9,11,14,16,19H,7,10,12H2,1-3H3;1H. The fraction of sp³-hybridized carbons (Fsp3) is 0.444. The van der Waals surface area contributed by atoms with Crippen LogP contribution in [0, 0.1) is 6.92 Å². The molecule has 1 N–H and O–H groups in total. The molecule has 0 bridgehead atoms. The Kier molecular flexibility index (Phi) is 6.02. The Hall–Kier alpha value is -1.85. The summed E-state index contributed by atoms with van der Waals surface area (Å²) >= 11 is 0. The van der Waals surface area contributed by atoms with Crippen molar-refractivity contribution in [3.05, 3.63) is 53.6 Å². The fourth-order valence-corrected chi connectivity index (χ4v) is 3.23. The summed E-state index contributed by atoms with van der Waals surface area (Å²) in [5, 5.41) is 3.38. The molecule has 130 valence electrons. The van der Waals surface area contributed by atoms with Gasteiger partial charge in [0.05, 0.1) is 5.92 Å². The summed E-state index contributed by atoms with van der Waals surface area (Å²) in [5.41, 5.74) is 2.26. The Balaban J connectivity index is 0.00000208. The highest BCUT2D eigenvalue weighted by Crippen LogP contribution is 2.26. The van der Waals surface area contributed by atoms with Crippen LogP contribution in [0.15, 0.2) is 36.7 Å². The number of carbonyl (C=O) groups excluding carboxylic acids is 1. The number of hydrogen-bond donors (Lipinski definition) is 1. The molecular formula is C18H25ClN4O. The molecule has 1 aliphatic heterocycles. The zero-order valence-electron chi connectivity index (χ0n) is 14.4. The first-order valence-electron chi connectivity index (χ1n) is 8.13. The molecule has 1 aromatic heterocycles. The highest BCUT2D eigenvalue weighted by Gasteiger charge is 2.33. The zero-order valence-corrected chi connectivity index (χ0v) is 15.2. The fourth-order valence-electron chi connectivity index (χ4n) is 3.23. The van der Waals surface area contributed by atoms with E-state index in [1.165, 1.54) is 5.56 Å². The molecule has 1 amide bonds. The van der Waals surface area contributed by atoms with Crippen LogP contribution in [-0.2, 0) is 11.8 Å². The highest BCUT2D eigenvalue weighted by atomic mass is 35.5. The molecule has 1 aromatic carbocycles. The summed E-state index contributed by atoms with van der Waals surface area (Å²) in [6, 6.07) is 8.20. The summed E-state index contributed by atoms with van der Waals surface area (Å²) in [6.45, 7) is 6.34. The number of piperazine rings is 1. The van der Waals surface area contributed by atoms with Gasteiger partial charge in [-0.1, -0.05) is 29.8 Å². The van der Waals surface area contributed by atoms with Gasteiger partial charge in [-0.25, -0.2) is 4.98 Å². The highest BCUT2D eigenvalue weighted by molar-refractivity contribution is 5.85. The average molecular weight is 349 g/mol. The predicted octanol–water partition coefficient (Wildman–Crippen LogP) is 2.43. The smallest absolute Gasteiger partial charge is 0.230 e. The third-order valence-electron chi connectivity index (χ3n) is 4.60. The van der Waals surface area contributed by atoms with Gasteiger partial charge in [0.25, 0.3) is 0 Å². The van der Waals surface area contributed by atoms with E-state index in [4.69, 9.17) is 0 Å². The zero-order chi connectivity index (χ0) is 16.4. The van der Waals surface area contributed by atoms with Gasteiger partial charge in [0, 0.05) is 39.1 Å². The molecule has 1 saturated heterocycles. The number of amides is 1. The largest absolute Gasteiger partial charge is 0.336 e. The molecule has 2 atom stereocenters. The number of nitrogens with one attached hydrogen (secondary N) is 1. The Bertz CT molecular complexity index is 700. The number of aromatic nitrogens is 2. The van der Waals surface area contributed by atoms with E-state index in [-0.39, 0.29) is 30.3 Å². The van der Waals surface area contributed by atoms with E-state index in [0.717, 1.165) is 24.5 Å². The molecule has 0 spiro atoms. The lowest BCUT2D eigenvalue weighted by Crippen LogP contribution is -2.50. The lowest BCUT2D eigenvalue weighted by atomic mass is 9.96. The maximum absolute atomic E-state index is 13.1. The molecular weight excluding hydrogens is 324 g/mol. The van der Waals surface area contributed by atoms with Crippen LogP contribution in [0.5, 0.6) is 0 Å². The van der Waals surface area contributed by atoms with E-state index >= 15 is 0 Å². The minimum absolute atomic E-state index is 0. The summed E-state index contributed by atoms with van der Waals surface area (Å²) in [5.74, 6) is 0.961. The van der Waals surface area contributed by atoms with Gasteiger partial charge in [-0.15, -0.1) is 12.4 Å². The summed E-state index contributed by atoms with van der Waals surface area (Å²) in [4.78, 5) is 19.5. The van der Waals surface area contributed by atoms with Crippen molar-refractivity contribution in [2.45, 2.75) is 25.8 Å². The number of benzene rings is 1. The van der Waals surface area contributed by atoms with Crippen molar-refractivity contribution >= 4 is 18.3 Å². The lowest BCUT2D eigenvalue weighted by molar-refractivity contribution is -0.136. The molecule has 3 rings (SSSR count). The van der Waals surface area contributed by atoms with Crippen LogP contribution in [0.2, 0.25) is 0 Å². The molecule has 2 heterocycles. The van der Waals surface area contributed by atoms with Gasteiger partial charge >= 0.3 is 0 Å². The van der Waals surface area contributed by atoms with Gasteiger partial charge in [-0.3, -0.25) is 4.79 Å². The molecule has 6 heteroatoms. The molecule has 1 aliphatic rings. The van der Waals surface area contributed by atoms with Gasteiger partial charge in [0.2, 0.25) is 5.91 Å². The molecule has 0 radical (unpaired) electrons. The monoisotopic (exact) mass is 348 g/mol. The number of hydrogen-bond acceptors (Lipinski definition) is 3. The Labute approximate surface area is 149 Å². The van der Waals surface area contributed by atoms with Gasteiger partial charge < -0.3 is 14.8 Å². The first kappa shape index (κ1) is 18.5. The maximum atomic E-state index is 13.1. The summed E-state index contributed by atoms with van der Waals surface area (Å²) < 4.78 is 2.00. The molecule has 5 nitrogen and oxygen atoms in total. The third-order valence-corrected chi connectivity index (χ3v) is 4.60. The minimum atomic E-state index is -0.143. The number of aryl methyl sites for hydroxylation is 2. The molecule has 1 fully saturated rings. The van der Waals surface area contributed by atoms with Gasteiger partial charge in [0.1, 0.15) is 11.9 Å². The van der Waals surface area contributed by atoms with Gasteiger partial charge in [-0.05, 0) is 19.4 Å². The first-order valence-corrected chi connectivity index (χ1v) is 8.13. The van der Waals surface area contributed by atoms with Gasteiger partial charge in [0.15, 0.2) is 0 Å². The number of nitrogens with zero attached hydrogens (tertiary/aromatic N) is 3. The maximum Gasteiger partial charge on any atom is 0.230 e. The van der Waals surface area contributed by atoms with Crippen LogP contribution in [0.3, 0.4) is 0 Å². The minimum Gasteiger partial charge on any atom is -0.336 e. The van der Waals surface area contributed by atoms with Crippen molar-refractivity contribution in [3.63, 3.8) is 0 Å². The van der Waals surface area contributed by atoms with Crippen LogP contribution in [0.1, 0.15) is 35.8 Å². The molecule has 0 saturated carbocycles. The van der Waals surface area contributed by atoms with E-state index < -0.39 is 0 Å². The molecule has 2 aromatic rings. The van der Waals surface area contributed by atoms with E-state index in [2.05, 4.69) is 29.4 Å². The second kappa shape index (κ2) is 7.81. The van der Waals surface area contributed by atoms with Crippen LogP contribution in [-0.4, -0.2) is 40.0 Å². The van der Waals surface area contributed by atoms with E-state index in [0.29, 0.717) is 6.54 Å². The topological polar surface area (TPSA) is 50.2 Å². The molecule has 0 aliphatic carbocycles. The van der Waals surface area contributed by atoms with E-state index in [9.17, 15) is 4.79 Å².